The van der Waals surface area contributed by atoms with Crippen LogP contribution in [-0.2, 0) is 12.8 Å². The molecule has 0 fully saturated rings. The third-order valence-electron chi connectivity index (χ3n) is 4.37. The molecule has 0 bridgehead atoms. The van der Waals surface area contributed by atoms with E-state index in [2.05, 4.69) is 34.8 Å². The number of rotatable bonds is 3. The van der Waals surface area contributed by atoms with Crippen molar-refractivity contribution >= 4 is 22.9 Å². The Balaban J connectivity index is 1.59. The summed E-state index contributed by atoms with van der Waals surface area (Å²) >= 11 is 0. The van der Waals surface area contributed by atoms with Gasteiger partial charge in [-0.1, -0.05) is 36.4 Å². The van der Waals surface area contributed by atoms with E-state index < -0.39 is 11.7 Å². The molecule has 1 amide bonds. The van der Waals surface area contributed by atoms with Gasteiger partial charge in [-0.25, -0.2) is 9.82 Å². The number of nitrogens with one attached hydrogen (secondary N) is 1. The summed E-state index contributed by atoms with van der Waals surface area (Å²) < 4.78 is 13.2. The summed E-state index contributed by atoms with van der Waals surface area (Å²) in [5.41, 5.74) is 6.37. The number of hydrogen-bond donors (Lipinski definition) is 1. The number of nitrogens with zero attached hydrogens (tertiary/aromatic N) is 1. The SMILES string of the molecule is O=C(N/N=C/c1ccc2c3c(cccc13)CC2)c1cccc(F)c1. The Morgan fingerprint density at radius 2 is 1.83 bits per heavy atom. The Hall–Kier alpha value is -3.01. The molecule has 0 atom stereocenters. The molecule has 4 heteroatoms. The van der Waals surface area contributed by atoms with Crippen molar-refractivity contribution in [1.82, 2.24) is 5.43 Å². The molecule has 0 aromatic heterocycles. The van der Waals surface area contributed by atoms with E-state index in [1.54, 1.807) is 12.3 Å². The molecule has 118 valence electrons. The van der Waals surface area contributed by atoms with Gasteiger partial charge in [-0.05, 0) is 52.9 Å². The number of aryl methyl sites for hydroxylation is 2. The summed E-state index contributed by atoms with van der Waals surface area (Å²) in [5.74, 6) is -0.879. The normalized spacial score (nSPS) is 12.9. The van der Waals surface area contributed by atoms with Crippen molar-refractivity contribution < 1.29 is 9.18 Å². The molecule has 3 aromatic carbocycles. The molecule has 0 aliphatic heterocycles. The standard InChI is InChI=1S/C20H15FN2O/c21-17-5-1-4-15(11-17)20(24)23-22-12-16-10-9-14-8-7-13-3-2-6-18(16)19(13)14/h1-6,9-12H,7-8H2,(H,23,24)/b22-12+. The lowest BCUT2D eigenvalue weighted by Gasteiger charge is -2.05. The van der Waals surface area contributed by atoms with Gasteiger partial charge < -0.3 is 0 Å². The van der Waals surface area contributed by atoms with Gasteiger partial charge in [0.05, 0.1) is 6.21 Å². The van der Waals surface area contributed by atoms with Gasteiger partial charge >= 0.3 is 0 Å². The first-order valence-corrected chi connectivity index (χ1v) is 7.85. The number of hydrazone groups is 1. The fourth-order valence-electron chi connectivity index (χ4n) is 3.24. The quantitative estimate of drug-likeness (QED) is 0.578. The number of halogens is 1. The van der Waals surface area contributed by atoms with E-state index in [9.17, 15) is 9.18 Å². The van der Waals surface area contributed by atoms with Crippen LogP contribution in [0.5, 0.6) is 0 Å². The van der Waals surface area contributed by atoms with Crippen LogP contribution in [0.15, 0.2) is 59.7 Å². The molecule has 0 radical (unpaired) electrons. The van der Waals surface area contributed by atoms with Crippen molar-refractivity contribution in [2.24, 2.45) is 5.10 Å². The zero-order valence-electron chi connectivity index (χ0n) is 12.9. The fraction of sp³-hybridized carbons (Fsp3) is 0.100. The van der Waals surface area contributed by atoms with Crippen molar-refractivity contribution in [3.63, 3.8) is 0 Å². The Bertz CT molecular complexity index is 968. The maximum atomic E-state index is 13.2. The van der Waals surface area contributed by atoms with Crippen LogP contribution in [0.1, 0.15) is 27.0 Å². The Labute approximate surface area is 138 Å². The van der Waals surface area contributed by atoms with E-state index in [0.717, 1.165) is 23.8 Å². The molecule has 3 aromatic rings. The third kappa shape index (κ3) is 2.56. The lowest BCUT2D eigenvalue weighted by atomic mass is 10.0. The molecule has 24 heavy (non-hydrogen) atoms. The molecule has 0 saturated carbocycles. The minimum Gasteiger partial charge on any atom is -0.267 e. The van der Waals surface area contributed by atoms with Crippen molar-refractivity contribution in [3.8, 4) is 0 Å². The van der Waals surface area contributed by atoms with Gasteiger partial charge in [0.15, 0.2) is 0 Å². The van der Waals surface area contributed by atoms with Gasteiger partial charge in [-0.2, -0.15) is 5.10 Å². The van der Waals surface area contributed by atoms with Gasteiger partial charge in [-0.15, -0.1) is 0 Å². The molecule has 1 aliphatic carbocycles. The largest absolute Gasteiger partial charge is 0.271 e. The molecular weight excluding hydrogens is 303 g/mol. The van der Waals surface area contributed by atoms with Crippen LogP contribution in [0.4, 0.5) is 4.39 Å². The third-order valence-corrected chi connectivity index (χ3v) is 4.37. The second-order valence-corrected chi connectivity index (χ2v) is 5.86. The maximum Gasteiger partial charge on any atom is 0.271 e. The van der Waals surface area contributed by atoms with Crippen molar-refractivity contribution in [2.45, 2.75) is 12.8 Å². The van der Waals surface area contributed by atoms with Crippen LogP contribution in [0.2, 0.25) is 0 Å². The van der Waals surface area contributed by atoms with E-state index in [-0.39, 0.29) is 5.56 Å². The second kappa shape index (κ2) is 5.89. The predicted molar refractivity (Wildman–Crippen MR) is 92.8 cm³/mol. The monoisotopic (exact) mass is 318 g/mol. The summed E-state index contributed by atoms with van der Waals surface area (Å²) in [4.78, 5) is 12.0. The van der Waals surface area contributed by atoms with E-state index in [4.69, 9.17) is 0 Å². The van der Waals surface area contributed by atoms with Crippen molar-refractivity contribution in [3.05, 3.63) is 82.7 Å². The topological polar surface area (TPSA) is 41.5 Å². The molecule has 0 saturated heterocycles. The van der Waals surface area contributed by atoms with Crippen LogP contribution < -0.4 is 5.43 Å². The first kappa shape index (κ1) is 14.6. The van der Waals surface area contributed by atoms with Gasteiger partial charge in [0.25, 0.3) is 5.91 Å². The van der Waals surface area contributed by atoms with Crippen LogP contribution in [0, 0.1) is 5.82 Å². The number of carbonyl (C=O) groups excluding carboxylic acids is 1. The molecule has 0 spiro atoms. The minimum absolute atomic E-state index is 0.243. The fourth-order valence-corrected chi connectivity index (χ4v) is 3.24. The van der Waals surface area contributed by atoms with Crippen LogP contribution >= 0.6 is 0 Å². The molecule has 1 aliphatic rings. The summed E-state index contributed by atoms with van der Waals surface area (Å²) in [6, 6.07) is 15.9. The van der Waals surface area contributed by atoms with Gasteiger partial charge in [0.2, 0.25) is 0 Å². The van der Waals surface area contributed by atoms with E-state index >= 15 is 0 Å². The molecule has 1 N–H and O–H groups in total. The molecular formula is C20H15FN2O. The van der Waals surface area contributed by atoms with E-state index in [1.165, 1.54) is 34.7 Å². The lowest BCUT2D eigenvalue weighted by Crippen LogP contribution is -2.17. The molecule has 3 nitrogen and oxygen atoms in total. The lowest BCUT2D eigenvalue weighted by molar-refractivity contribution is 0.0954. The summed E-state index contributed by atoms with van der Waals surface area (Å²) in [5, 5.41) is 6.48. The molecule has 4 rings (SSSR count). The summed E-state index contributed by atoms with van der Waals surface area (Å²) in [7, 11) is 0. The number of hydrogen-bond acceptors (Lipinski definition) is 2. The minimum atomic E-state index is -0.445. The summed E-state index contributed by atoms with van der Waals surface area (Å²) in [6.45, 7) is 0. The highest BCUT2D eigenvalue weighted by atomic mass is 19.1. The highest BCUT2D eigenvalue weighted by Gasteiger charge is 2.15. The molecule has 0 heterocycles. The first-order chi connectivity index (χ1) is 11.7. The first-order valence-electron chi connectivity index (χ1n) is 7.85. The number of carbonyl (C=O) groups is 1. The Morgan fingerprint density at radius 1 is 1.04 bits per heavy atom. The van der Waals surface area contributed by atoms with E-state index in [1.807, 2.05) is 6.07 Å². The summed E-state index contributed by atoms with van der Waals surface area (Å²) in [6.07, 6.45) is 3.78. The predicted octanol–water partition coefficient (Wildman–Crippen LogP) is 3.84. The highest BCUT2D eigenvalue weighted by molar-refractivity contribution is 6.03. The highest BCUT2D eigenvalue weighted by Crippen LogP contribution is 2.32. The Morgan fingerprint density at radius 3 is 2.67 bits per heavy atom. The van der Waals surface area contributed by atoms with Gasteiger partial charge in [0.1, 0.15) is 5.82 Å². The number of benzene rings is 3. The smallest absolute Gasteiger partial charge is 0.267 e. The molecule has 0 unspecified atom stereocenters. The van der Waals surface area contributed by atoms with Crippen LogP contribution in [0.3, 0.4) is 0 Å². The zero-order valence-corrected chi connectivity index (χ0v) is 12.9. The van der Waals surface area contributed by atoms with Crippen molar-refractivity contribution in [2.75, 3.05) is 0 Å². The van der Waals surface area contributed by atoms with Gasteiger partial charge in [0, 0.05) is 11.1 Å². The van der Waals surface area contributed by atoms with Crippen LogP contribution in [0.25, 0.3) is 10.8 Å². The number of amides is 1. The van der Waals surface area contributed by atoms with Gasteiger partial charge in [-0.3, -0.25) is 4.79 Å². The Kier molecular flexibility index (Phi) is 3.58. The van der Waals surface area contributed by atoms with E-state index in [0.29, 0.717) is 0 Å². The maximum absolute atomic E-state index is 13.2. The average molecular weight is 318 g/mol. The second-order valence-electron chi connectivity index (χ2n) is 5.86. The zero-order chi connectivity index (χ0) is 16.5. The van der Waals surface area contributed by atoms with Crippen molar-refractivity contribution in [1.29, 1.82) is 0 Å². The average Bonchev–Trinajstić information content (AvgIpc) is 3.02. The van der Waals surface area contributed by atoms with Crippen LogP contribution in [-0.4, -0.2) is 12.1 Å².